The van der Waals surface area contributed by atoms with E-state index in [9.17, 15) is 4.79 Å². The molecular weight excluding hydrogens is 248 g/mol. The molecule has 0 aliphatic rings. The number of aromatic nitrogens is 1. The Morgan fingerprint density at radius 2 is 2.06 bits per heavy atom. The molecule has 0 saturated carbocycles. The van der Waals surface area contributed by atoms with Crippen LogP contribution in [0.1, 0.15) is 38.4 Å². The van der Waals surface area contributed by atoms with E-state index in [1.165, 1.54) is 0 Å². The van der Waals surface area contributed by atoms with Crippen molar-refractivity contribution in [2.45, 2.75) is 39.5 Å². The van der Waals surface area contributed by atoms with Gasteiger partial charge in [0.05, 0.1) is 10.7 Å². The van der Waals surface area contributed by atoms with Crippen molar-refractivity contribution in [1.82, 2.24) is 9.88 Å². The number of nitrogens with zero attached hydrogens (tertiary/aromatic N) is 2. The van der Waals surface area contributed by atoms with E-state index in [-0.39, 0.29) is 0 Å². The van der Waals surface area contributed by atoms with Gasteiger partial charge in [0.25, 0.3) is 0 Å². The molecular formula is C13H22N2O2S. The van der Waals surface area contributed by atoms with Gasteiger partial charge in [-0.05, 0) is 26.9 Å². The van der Waals surface area contributed by atoms with Gasteiger partial charge < -0.3 is 10.0 Å². The summed E-state index contributed by atoms with van der Waals surface area (Å²) in [5.41, 5.74) is -0.237. The summed E-state index contributed by atoms with van der Waals surface area (Å²) in [4.78, 5) is 17.9. The molecule has 4 nitrogen and oxygen atoms in total. The quantitative estimate of drug-likeness (QED) is 0.826. The maximum atomic E-state index is 11.1. The van der Waals surface area contributed by atoms with Crippen molar-refractivity contribution in [2.24, 2.45) is 0 Å². The van der Waals surface area contributed by atoms with E-state index in [0.717, 1.165) is 31.1 Å². The molecule has 0 aliphatic carbocycles. The first-order valence-electron chi connectivity index (χ1n) is 6.32. The van der Waals surface area contributed by atoms with E-state index in [0.29, 0.717) is 5.69 Å². The molecule has 0 fully saturated rings. The van der Waals surface area contributed by atoms with Crippen molar-refractivity contribution < 1.29 is 9.90 Å². The lowest BCUT2D eigenvalue weighted by atomic mass is 9.90. The van der Waals surface area contributed by atoms with Gasteiger partial charge in [0.2, 0.25) is 0 Å². The molecule has 0 aromatic carbocycles. The van der Waals surface area contributed by atoms with Crippen LogP contribution in [-0.4, -0.2) is 40.6 Å². The van der Waals surface area contributed by atoms with Crippen molar-refractivity contribution >= 4 is 17.3 Å². The lowest BCUT2D eigenvalue weighted by Crippen LogP contribution is -2.29. The molecule has 0 atom stereocenters. The van der Waals surface area contributed by atoms with E-state index in [4.69, 9.17) is 5.11 Å². The predicted octanol–water partition coefficient (Wildman–Crippen LogP) is 2.39. The number of thiazole rings is 1. The highest BCUT2D eigenvalue weighted by atomic mass is 32.1. The van der Waals surface area contributed by atoms with E-state index in [1.807, 2.05) is 5.38 Å². The molecule has 0 amide bonds. The summed E-state index contributed by atoms with van der Waals surface area (Å²) in [5, 5.41) is 12.0. The van der Waals surface area contributed by atoms with Crippen molar-refractivity contribution in [3.63, 3.8) is 0 Å². The van der Waals surface area contributed by atoms with Gasteiger partial charge in [0, 0.05) is 18.3 Å². The van der Waals surface area contributed by atoms with Crippen LogP contribution in [0.3, 0.4) is 0 Å². The Balaban J connectivity index is 2.67. The second-order valence-corrected chi connectivity index (χ2v) is 5.78. The summed E-state index contributed by atoms with van der Waals surface area (Å²) >= 11 is 1.56. The molecule has 1 aromatic heterocycles. The molecule has 0 unspecified atom stereocenters. The van der Waals surface area contributed by atoms with Crippen LogP contribution < -0.4 is 0 Å². The van der Waals surface area contributed by atoms with Crippen molar-refractivity contribution in [1.29, 1.82) is 0 Å². The Bertz CT molecular complexity index is 397. The van der Waals surface area contributed by atoms with Gasteiger partial charge in [-0.3, -0.25) is 4.79 Å². The molecule has 1 N–H and O–H groups in total. The molecule has 0 radical (unpaired) electrons. The first-order valence-corrected chi connectivity index (χ1v) is 7.20. The number of carboxylic acids is 1. The topological polar surface area (TPSA) is 53.4 Å². The second kappa shape index (κ2) is 6.29. The zero-order valence-corrected chi connectivity index (χ0v) is 12.4. The fraction of sp³-hybridized carbons (Fsp3) is 0.692. The van der Waals surface area contributed by atoms with Crippen molar-refractivity contribution in [2.75, 3.05) is 19.6 Å². The van der Waals surface area contributed by atoms with Crippen molar-refractivity contribution in [3.05, 3.63) is 16.1 Å². The highest BCUT2D eigenvalue weighted by Gasteiger charge is 2.31. The van der Waals surface area contributed by atoms with Crippen LogP contribution in [0.2, 0.25) is 0 Å². The molecule has 0 aliphatic heterocycles. The zero-order valence-electron chi connectivity index (χ0n) is 11.6. The molecule has 5 heteroatoms. The van der Waals surface area contributed by atoms with Crippen LogP contribution in [0.5, 0.6) is 0 Å². The summed E-state index contributed by atoms with van der Waals surface area (Å²) in [6.45, 7) is 10.7. The molecule has 1 heterocycles. The molecule has 102 valence electrons. The van der Waals surface area contributed by atoms with E-state index in [1.54, 1.807) is 25.2 Å². The molecule has 0 saturated heterocycles. The number of aliphatic carboxylic acids is 1. The fourth-order valence-electron chi connectivity index (χ4n) is 1.62. The van der Waals surface area contributed by atoms with Crippen LogP contribution >= 0.6 is 11.3 Å². The average molecular weight is 270 g/mol. The number of carbonyl (C=O) groups is 1. The summed E-state index contributed by atoms with van der Waals surface area (Å²) in [6, 6.07) is 0. The van der Waals surface area contributed by atoms with E-state index < -0.39 is 11.4 Å². The number of likely N-dealkylation sites (N-methyl/N-ethyl adjacent to an activating group) is 1. The zero-order chi connectivity index (χ0) is 13.8. The SMILES string of the molecule is CCN(CC)CCc1nc(C(C)(C)C(=O)O)cs1. The van der Waals surface area contributed by atoms with Crippen LogP contribution in [0.25, 0.3) is 0 Å². The highest BCUT2D eigenvalue weighted by Crippen LogP contribution is 2.25. The number of hydrogen-bond acceptors (Lipinski definition) is 4. The fourth-order valence-corrected chi connectivity index (χ4v) is 2.57. The molecule has 0 bridgehead atoms. The minimum absolute atomic E-state index is 0.662. The largest absolute Gasteiger partial charge is 0.481 e. The smallest absolute Gasteiger partial charge is 0.315 e. The van der Waals surface area contributed by atoms with Crippen LogP contribution in [-0.2, 0) is 16.6 Å². The van der Waals surface area contributed by atoms with Gasteiger partial charge in [-0.15, -0.1) is 11.3 Å². The van der Waals surface area contributed by atoms with Crippen LogP contribution in [0.15, 0.2) is 5.38 Å². The Hall–Kier alpha value is -0.940. The Morgan fingerprint density at radius 1 is 1.44 bits per heavy atom. The molecule has 0 spiro atoms. The first-order chi connectivity index (χ1) is 8.41. The van der Waals surface area contributed by atoms with E-state index >= 15 is 0 Å². The van der Waals surface area contributed by atoms with Gasteiger partial charge in [0.15, 0.2) is 0 Å². The Morgan fingerprint density at radius 3 is 2.56 bits per heavy atom. The summed E-state index contributed by atoms with van der Waals surface area (Å²) in [7, 11) is 0. The molecule has 18 heavy (non-hydrogen) atoms. The molecule has 1 aromatic rings. The maximum Gasteiger partial charge on any atom is 0.315 e. The van der Waals surface area contributed by atoms with E-state index in [2.05, 4.69) is 23.7 Å². The Labute approximate surface area is 113 Å². The minimum Gasteiger partial charge on any atom is -0.481 e. The van der Waals surface area contributed by atoms with Gasteiger partial charge >= 0.3 is 5.97 Å². The third kappa shape index (κ3) is 3.53. The predicted molar refractivity (Wildman–Crippen MR) is 74.3 cm³/mol. The van der Waals surface area contributed by atoms with Gasteiger partial charge in [-0.1, -0.05) is 13.8 Å². The third-order valence-electron chi connectivity index (χ3n) is 3.26. The highest BCUT2D eigenvalue weighted by molar-refractivity contribution is 7.09. The first kappa shape index (κ1) is 15.1. The van der Waals surface area contributed by atoms with Gasteiger partial charge in [-0.25, -0.2) is 4.98 Å². The monoisotopic (exact) mass is 270 g/mol. The van der Waals surface area contributed by atoms with Crippen molar-refractivity contribution in [3.8, 4) is 0 Å². The normalized spacial score (nSPS) is 12.1. The number of hydrogen-bond donors (Lipinski definition) is 1. The second-order valence-electron chi connectivity index (χ2n) is 4.83. The standard InChI is InChI=1S/C13H22N2O2S/c1-5-15(6-2)8-7-11-14-10(9-18-11)13(3,4)12(16)17/h9H,5-8H2,1-4H3,(H,16,17). The lowest BCUT2D eigenvalue weighted by molar-refractivity contribution is -0.142. The lowest BCUT2D eigenvalue weighted by Gasteiger charge is -2.17. The van der Waals surface area contributed by atoms with Gasteiger partial charge in [0.1, 0.15) is 5.41 Å². The Kier molecular flexibility index (Phi) is 5.28. The van der Waals surface area contributed by atoms with Gasteiger partial charge in [-0.2, -0.15) is 0 Å². The van der Waals surface area contributed by atoms with Crippen LogP contribution in [0.4, 0.5) is 0 Å². The summed E-state index contributed by atoms with van der Waals surface area (Å²) in [5.74, 6) is -0.830. The average Bonchev–Trinajstić information content (AvgIpc) is 2.79. The molecule has 1 rings (SSSR count). The number of rotatable bonds is 7. The minimum atomic E-state index is -0.899. The summed E-state index contributed by atoms with van der Waals surface area (Å²) < 4.78 is 0. The maximum absolute atomic E-state index is 11.1. The third-order valence-corrected chi connectivity index (χ3v) is 4.17. The number of carboxylic acid groups (broad SMARTS) is 1. The summed E-state index contributed by atoms with van der Waals surface area (Å²) in [6.07, 6.45) is 0.891. The van der Waals surface area contributed by atoms with Crippen LogP contribution in [0, 0.1) is 0 Å².